The lowest BCUT2D eigenvalue weighted by Crippen LogP contribution is -2.04. The highest BCUT2D eigenvalue weighted by Crippen LogP contribution is 2.26. The van der Waals surface area contributed by atoms with Crippen molar-refractivity contribution in [3.63, 3.8) is 0 Å². The van der Waals surface area contributed by atoms with Crippen LogP contribution in [0, 0.1) is 6.92 Å². The molecular weight excluding hydrogens is 252 g/mol. The molecule has 2 aromatic rings. The molecule has 0 fully saturated rings. The number of hydrogen-bond donors (Lipinski definition) is 1. The number of aryl methyl sites for hydroxylation is 1. The van der Waals surface area contributed by atoms with Crippen molar-refractivity contribution < 1.29 is 14.6 Å². The minimum absolute atomic E-state index is 0.534. The Morgan fingerprint density at radius 1 is 1.00 bits per heavy atom. The van der Waals surface area contributed by atoms with Crippen molar-refractivity contribution in [2.75, 3.05) is 14.2 Å². The molecule has 0 aliphatic heterocycles. The fraction of sp³-hybridized carbons (Fsp3) is 0.294. The molecule has 0 saturated heterocycles. The van der Waals surface area contributed by atoms with Gasteiger partial charge in [0.15, 0.2) is 0 Å². The molecule has 0 aromatic heterocycles. The quantitative estimate of drug-likeness (QED) is 0.907. The maximum Gasteiger partial charge on any atom is 0.119 e. The largest absolute Gasteiger partial charge is 0.497 e. The maximum atomic E-state index is 10.4. The molecule has 106 valence electrons. The molecule has 0 aliphatic rings. The maximum absolute atomic E-state index is 10.4. The van der Waals surface area contributed by atoms with Crippen LogP contribution in [0.2, 0.25) is 0 Å². The number of aliphatic hydroxyl groups is 1. The average Bonchev–Trinajstić information content (AvgIpc) is 2.47. The fourth-order valence-corrected chi connectivity index (χ4v) is 2.28. The first kappa shape index (κ1) is 14.4. The SMILES string of the molecule is COc1cccc(CC(O)c2ccc(OC)cc2C)c1. The fourth-order valence-electron chi connectivity index (χ4n) is 2.28. The van der Waals surface area contributed by atoms with Gasteiger partial charge in [-0.05, 0) is 47.9 Å². The van der Waals surface area contributed by atoms with Crippen LogP contribution in [0.5, 0.6) is 11.5 Å². The molecule has 0 aliphatic carbocycles. The Balaban J connectivity index is 2.16. The Morgan fingerprint density at radius 2 is 1.70 bits per heavy atom. The van der Waals surface area contributed by atoms with E-state index in [0.717, 1.165) is 28.2 Å². The van der Waals surface area contributed by atoms with Crippen LogP contribution in [0.25, 0.3) is 0 Å². The summed E-state index contributed by atoms with van der Waals surface area (Å²) in [6, 6.07) is 13.5. The number of hydrogen-bond acceptors (Lipinski definition) is 3. The lowest BCUT2D eigenvalue weighted by Gasteiger charge is -2.15. The lowest BCUT2D eigenvalue weighted by atomic mass is 9.97. The Kier molecular flexibility index (Phi) is 4.64. The molecular formula is C17H20O3. The van der Waals surface area contributed by atoms with Gasteiger partial charge in [-0.2, -0.15) is 0 Å². The van der Waals surface area contributed by atoms with Crippen LogP contribution in [0.4, 0.5) is 0 Å². The number of ether oxygens (including phenoxy) is 2. The molecule has 3 heteroatoms. The van der Waals surface area contributed by atoms with E-state index in [9.17, 15) is 5.11 Å². The van der Waals surface area contributed by atoms with E-state index in [2.05, 4.69) is 0 Å². The molecule has 0 bridgehead atoms. The van der Waals surface area contributed by atoms with Gasteiger partial charge in [-0.3, -0.25) is 0 Å². The second-order valence-corrected chi connectivity index (χ2v) is 4.79. The second-order valence-electron chi connectivity index (χ2n) is 4.79. The first-order chi connectivity index (χ1) is 9.63. The minimum Gasteiger partial charge on any atom is -0.497 e. The van der Waals surface area contributed by atoms with Crippen LogP contribution < -0.4 is 9.47 Å². The molecule has 0 heterocycles. The predicted octanol–water partition coefficient (Wildman–Crippen LogP) is 3.29. The number of aliphatic hydroxyl groups excluding tert-OH is 1. The van der Waals surface area contributed by atoms with Crippen molar-refractivity contribution in [1.82, 2.24) is 0 Å². The molecule has 0 saturated carbocycles. The molecule has 2 rings (SSSR count). The van der Waals surface area contributed by atoms with Crippen molar-refractivity contribution in [2.45, 2.75) is 19.4 Å². The van der Waals surface area contributed by atoms with Crippen LogP contribution in [0.1, 0.15) is 22.8 Å². The third-order valence-electron chi connectivity index (χ3n) is 3.40. The monoisotopic (exact) mass is 272 g/mol. The Morgan fingerprint density at radius 3 is 2.35 bits per heavy atom. The summed E-state index contributed by atoms with van der Waals surface area (Å²) in [6.07, 6.45) is 0.0256. The number of rotatable bonds is 5. The summed E-state index contributed by atoms with van der Waals surface area (Å²) in [6.45, 7) is 1.98. The predicted molar refractivity (Wildman–Crippen MR) is 79.4 cm³/mol. The molecule has 0 spiro atoms. The summed E-state index contributed by atoms with van der Waals surface area (Å²) >= 11 is 0. The van der Waals surface area contributed by atoms with Gasteiger partial charge in [-0.1, -0.05) is 18.2 Å². The lowest BCUT2D eigenvalue weighted by molar-refractivity contribution is 0.177. The highest BCUT2D eigenvalue weighted by molar-refractivity contribution is 5.37. The smallest absolute Gasteiger partial charge is 0.119 e. The third kappa shape index (κ3) is 3.31. The summed E-state index contributed by atoms with van der Waals surface area (Å²) in [5, 5.41) is 10.4. The van der Waals surface area contributed by atoms with Gasteiger partial charge in [-0.15, -0.1) is 0 Å². The van der Waals surface area contributed by atoms with E-state index in [1.807, 2.05) is 49.4 Å². The van der Waals surface area contributed by atoms with Gasteiger partial charge < -0.3 is 14.6 Å². The van der Waals surface area contributed by atoms with Crippen molar-refractivity contribution in [3.8, 4) is 11.5 Å². The molecule has 20 heavy (non-hydrogen) atoms. The average molecular weight is 272 g/mol. The standard InChI is InChI=1S/C17H20O3/c1-12-9-15(20-3)7-8-16(12)17(18)11-13-5-4-6-14(10-13)19-2/h4-10,17-18H,11H2,1-3H3. The Hall–Kier alpha value is -2.00. The van der Waals surface area contributed by atoms with Crippen LogP contribution in [-0.4, -0.2) is 19.3 Å². The first-order valence-corrected chi connectivity index (χ1v) is 6.59. The van der Waals surface area contributed by atoms with Gasteiger partial charge in [0.05, 0.1) is 20.3 Å². The van der Waals surface area contributed by atoms with E-state index in [-0.39, 0.29) is 0 Å². The van der Waals surface area contributed by atoms with E-state index >= 15 is 0 Å². The zero-order valence-corrected chi connectivity index (χ0v) is 12.1. The zero-order valence-electron chi connectivity index (χ0n) is 12.1. The highest BCUT2D eigenvalue weighted by Gasteiger charge is 2.12. The summed E-state index contributed by atoms with van der Waals surface area (Å²) in [5.74, 6) is 1.61. The second kappa shape index (κ2) is 6.44. The van der Waals surface area contributed by atoms with Crippen LogP contribution in [0.3, 0.4) is 0 Å². The van der Waals surface area contributed by atoms with Crippen molar-refractivity contribution in [3.05, 3.63) is 59.2 Å². The van der Waals surface area contributed by atoms with Gasteiger partial charge in [-0.25, -0.2) is 0 Å². The van der Waals surface area contributed by atoms with Gasteiger partial charge >= 0.3 is 0 Å². The number of methoxy groups -OCH3 is 2. The van der Waals surface area contributed by atoms with Crippen molar-refractivity contribution >= 4 is 0 Å². The molecule has 1 unspecified atom stereocenters. The molecule has 1 N–H and O–H groups in total. The summed E-state index contributed by atoms with van der Waals surface area (Å²) in [4.78, 5) is 0. The van der Waals surface area contributed by atoms with Gasteiger partial charge in [0.2, 0.25) is 0 Å². The topological polar surface area (TPSA) is 38.7 Å². The summed E-state index contributed by atoms with van der Waals surface area (Å²) < 4.78 is 10.4. The normalized spacial score (nSPS) is 12.0. The summed E-state index contributed by atoms with van der Waals surface area (Å²) in [7, 11) is 3.28. The van der Waals surface area contributed by atoms with Gasteiger partial charge in [0.25, 0.3) is 0 Å². The first-order valence-electron chi connectivity index (χ1n) is 6.59. The highest BCUT2D eigenvalue weighted by atomic mass is 16.5. The summed E-state index contributed by atoms with van der Waals surface area (Å²) in [5.41, 5.74) is 3.00. The number of benzene rings is 2. The molecule has 1 atom stereocenters. The molecule has 0 amide bonds. The Labute approximate surface area is 119 Å². The third-order valence-corrected chi connectivity index (χ3v) is 3.40. The zero-order chi connectivity index (χ0) is 14.5. The van der Waals surface area contributed by atoms with E-state index in [1.165, 1.54) is 0 Å². The van der Waals surface area contributed by atoms with Gasteiger partial charge in [0.1, 0.15) is 11.5 Å². The Bertz CT molecular complexity index is 578. The minimum atomic E-state index is -0.534. The van der Waals surface area contributed by atoms with Crippen molar-refractivity contribution in [1.29, 1.82) is 0 Å². The van der Waals surface area contributed by atoms with E-state index in [1.54, 1.807) is 14.2 Å². The van der Waals surface area contributed by atoms with Crippen LogP contribution >= 0.6 is 0 Å². The van der Waals surface area contributed by atoms with Crippen molar-refractivity contribution in [2.24, 2.45) is 0 Å². The van der Waals surface area contributed by atoms with Crippen LogP contribution in [0.15, 0.2) is 42.5 Å². The molecule has 2 aromatic carbocycles. The van der Waals surface area contributed by atoms with E-state index < -0.39 is 6.10 Å². The van der Waals surface area contributed by atoms with E-state index in [0.29, 0.717) is 6.42 Å². The van der Waals surface area contributed by atoms with Crippen LogP contribution in [-0.2, 0) is 6.42 Å². The van der Waals surface area contributed by atoms with Gasteiger partial charge in [0, 0.05) is 6.42 Å². The molecule has 0 radical (unpaired) electrons. The van der Waals surface area contributed by atoms with E-state index in [4.69, 9.17) is 9.47 Å². The molecule has 3 nitrogen and oxygen atoms in total.